The van der Waals surface area contributed by atoms with Gasteiger partial charge in [0.25, 0.3) is 0 Å². The lowest BCUT2D eigenvalue weighted by Crippen LogP contribution is -2.25. The molecule has 0 radical (unpaired) electrons. The number of rotatable bonds is 7. The van der Waals surface area contributed by atoms with Gasteiger partial charge >= 0.3 is 5.97 Å². The van der Waals surface area contributed by atoms with E-state index in [-0.39, 0.29) is 17.5 Å². The van der Waals surface area contributed by atoms with Gasteiger partial charge in [-0.2, -0.15) is 0 Å². The van der Waals surface area contributed by atoms with Crippen LogP contribution in [0.15, 0.2) is 54.9 Å². The van der Waals surface area contributed by atoms with Gasteiger partial charge in [0.1, 0.15) is 11.9 Å². The van der Waals surface area contributed by atoms with Crippen molar-refractivity contribution < 1.29 is 23.1 Å². The lowest BCUT2D eigenvalue weighted by molar-refractivity contribution is -0.150. The van der Waals surface area contributed by atoms with E-state index in [1.54, 1.807) is 18.3 Å². The molecule has 1 unspecified atom stereocenters. The van der Waals surface area contributed by atoms with E-state index in [0.29, 0.717) is 54.6 Å². The Morgan fingerprint density at radius 3 is 2.40 bits per heavy atom. The highest BCUT2D eigenvalue weighted by atomic mass is 19.2. The molecule has 6 rings (SSSR count). The topological polar surface area (TPSA) is 95.2 Å². The van der Waals surface area contributed by atoms with E-state index in [0.717, 1.165) is 62.3 Å². The molecule has 2 heterocycles. The van der Waals surface area contributed by atoms with Crippen LogP contribution in [0.4, 0.5) is 8.78 Å². The first-order chi connectivity index (χ1) is 20.9. The summed E-state index contributed by atoms with van der Waals surface area (Å²) in [5, 5.41) is 0. The predicted octanol–water partition coefficient (Wildman–Crippen LogP) is 7.19. The van der Waals surface area contributed by atoms with Gasteiger partial charge in [-0.1, -0.05) is 49.9 Å². The Hall–Kier alpha value is -3.52. The Morgan fingerprint density at radius 1 is 0.860 bits per heavy atom. The average Bonchev–Trinajstić information content (AvgIpc) is 3.16. The number of pyridine rings is 2. The normalized spacial score (nSPS) is 27.1. The van der Waals surface area contributed by atoms with Crippen LogP contribution in [0.5, 0.6) is 0 Å². The molecule has 3 aromatic rings. The van der Waals surface area contributed by atoms with Crippen molar-refractivity contribution in [3.05, 3.63) is 94.6 Å². The van der Waals surface area contributed by atoms with Gasteiger partial charge in [-0.15, -0.1) is 0 Å². The molecular weight excluding hydrogens is 548 g/mol. The first kappa shape index (κ1) is 29.5. The summed E-state index contributed by atoms with van der Waals surface area (Å²) in [4.78, 5) is 34.8. The van der Waals surface area contributed by atoms with Crippen LogP contribution in [0.2, 0.25) is 0 Å². The van der Waals surface area contributed by atoms with E-state index in [1.165, 1.54) is 6.07 Å². The van der Waals surface area contributed by atoms with E-state index in [9.17, 15) is 18.4 Å². The smallest absolute Gasteiger partial charge is 0.306 e. The van der Waals surface area contributed by atoms with E-state index in [1.807, 2.05) is 18.3 Å². The van der Waals surface area contributed by atoms with Crippen LogP contribution < -0.4 is 5.73 Å². The minimum absolute atomic E-state index is 0.0323. The maximum absolute atomic E-state index is 14.7. The van der Waals surface area contributed by atoms with Gasteiger partial charge in [0.15, 0.2) is 11.6 Å². The number of carbonyl (C=O) groups excluding carboxylic acids is 2. The van der Waals surface area contributed by atoms with E-state index < -0.39 is 29.7 Å². The predicted molar refractivity (Wildman–Crippen MR) is 158 cm³/mol. The molecule has 0 amide bonds. The standard InChI is InChI=1S/C35H39F2N3O3/c36-28-7-1-4-24(33(28)37)25-13-16-31(35-26(34(25)38)6-3-19-40-35)43-32(42)17-12-21-8-10-22(11-9-21)20-27-23-5-2-18-39-29(23)14-15-30(27)41/h1-7,18-19,21-22,25,27,31,34H,8-17,20,38H2/t21?,22?,25-,27?,31+,34-/m0/s1. The summed E-state index contributed by atoms with van der Waals surface area (Å²) in [6.07, 6.45) is 11.3. The second-order valence-electron chi connectivity index (χ2n) is 12.5. The van der Waals surface area contributed by atoms with Crippen LogP contribution in [0.1, 0.15) is 116 Å². The summed E-state index contributed by atoms with van der Waals surface area (Å²) < 4.78 is 34.7. The fraction of sp³-hybridized carbons (Fsp3) is 0.486. The van der Waals surface area contributed by atoms with E-state index in [4.69, 9.17) is 10.5 Å². The molecule has 43 heavy (non-hydrogen) atoms. The third-order valence-corrected chi connectivity index (χ3v) is 9.95. The Kier molecular flexibility index (Phi) is 8.93. The Balaban J connectivity index is 1.03. The number of benzene rings is 1. The molecule has 0 saturated heterocycles. The number of esters is 1. The van der Waals surface area contributed by atoms with Crippen molar-refractivity contribution >= 4 is 11.8 Å². The average molecular weight is 588 g/mol. The number of hydrogen-bond donors (Lipinski definition) is 1. The zero-order chi connectivity index (χ0) is 29.9. The second kappa shape index (κ2) is 13.0. The maximum atomic E-state index is 14.7. The van der Waals surface area contributed by atoms with Crippen LogP contribution in [0.25, 0.3) is 0 Å². The van der Waals surface area contributed by atoms with Crippen LogP contribution in [-0.4, -0.2) is 21.7 Å². The van der Waals surface area contributed by atoms with Crippen molar-refractivity contribution in [2.45, 2.75) is 94.6 Å². The SMILES string of the molecule is N[C@@H]1c2cccnc2[C@H](OC(=O)CCC2CCC(CC3C(=O)CCc4ncccc43)CC2)CC[C@H]1c1cccc(F)c1F. The molecule has 226 valence electrons. The third-order valence-electron chi connectivity index (χ3n) is 9.95. The first-order valence-electron chi connectivity index (χ1n) is 15.7. The Morgan fingerprint density at radius 2 is 1.58 bits per heavy atom. The fourth-order valence-corrected chi connectivity index (χ4v) is 7.57. The molecule has 1 saturated carbocycles. The van der Waals surface area contributed by atoms with Gasteiger partial charge in [0, 0.05) is 48.8 Å². The number of nitrogens with two attached hydrogens (primary N) is 1. The largest absolute Gasteiger partial charge is 0.456 e. The molecule has 3 aliphatic carbocycles. The number of ether oxygens (including phenoxy) is 1. The molecule has 2 N–H and O–H groups in total. The third kappa shape index (κ3) is 6.40. The molecule has 2 aromatic heterocycles. The molecular formula is C35H39F2N3O3. The summed E-state index contributed by atoms with van der Waals surface area (Å²) in [6.45, 7) is 0. The molecule has 0 spiro atoms. The van der Waals surface area contributed by atoms with Crippen LogP contribution in [0, 0.1) is 23.5 Å². The second-order valence-corrected chi connectivity index (χ2v) is 12.5. The fourth-order valence-electron chi connectivity index (χ4n) is 7.57. The summed E-state index contributed by atoms with van der Waals surface area (Å²) in [5.74, 6) is -1.25. The minimum atomic E-state index is -0.900. The molecule has 0 aliphatic heterocycles. The number of ketones is 1. The van der Waals surface area contributed by atoms with Crippen LogP contribution in [-0.2, 0) is 20.7 Å². The van der Waals surface area contributed by atoms with Gasteiger partial charge in [-0.25, -0.2) is 8.78 Å². The van der Waals surface area contributed by atoms with Gasteiger partial charge in [0.2, 0.25) is 0 Å². The van der Waals surface area contributed by atoms with Crippen molar-refractivity contribution in [3.8, 4) is 0 Å². The number of fused-ring (bicyclic) bond motifs is 2. The number of aromatic nitrogens is 2. The number of halogens is 2. The quantitative estimate of drug-likeness (QED) is 0.232. The highest BCUT2D eigenvalue weighted by molar-refractivity contribution is 5.87. The summed E-state index contributed by atoms with van der Waals surface area (Å²) in [6, 6.07) is 11.2. The van der Waals surface area contributed by atoms with Crippen LogP contribution in [0.3, 0.4) is 0 Å². The summed E-state index contributed by atoms with van der Waals surface area (Å²) >= 11 is 0. The van der Waals surface area contributed by atoms with Crippen molar-refractivity contribution in [2.75, 3.05) is 0 Å². The molecule has 8 heteroatoms. The number of aryl methyl sites for hydroxylation is 1. The lowest BCUT2D eigenvalue weighted by atomic mass is 9.73. The summed E-state index contributed by atoms with van der Waals surface area (Å²) in [5.41, 5.74) is 10.3. The molecule has 6 nitrogen and oxygen atoms in total. The molecule has 4 atom stereocenters. The number of nitrogens with zero attached hydrogens (tertiary/aromatic N) is 2. The van der Waals surface area contributed by atoms with Crippen molar-refractivity contribution in [1.29, 1.82) is 0 Å². The van der Waals surface area contributed by atoms with Crippen molar-refractivity contribution in [1.82, 2.24) is 9.97 Å². The van der Waals surface area contributed by atoms with E-state index in [2.05, 4.69) is 16.0 Å². The number of hydrogen-bond acceptors (Lipinski definition) is 6. The number of Topliss-reactive ketones (excluding diaryl/α,β-unsaturated/α-hetero) is 1. The van der Waals surface area contributed by atoms with Gasteiger partial charge in [-0.05, 0) is 78.8 Å². The van der Waals surface area contributed by atoms with Gasteiger partial charge in [0.05, 0.1) is 5.69 Å². The Bertz CT molecular complexity index is 1470. The zero-order valence-corrected chi connectivity index (χ0v) is 24.4. The molecule has 0 bridgehead atoms. The van der Waals surface area contributed by atoms with Gasteiger partial charge < -0.3 is 10.5 Å². The van der Waals surface area contributed by atoms with Gasteiger partial charge in [-0.3, -0.25) is 19.6 Å². The highest BCUT2D eigenvalue weighted by Gasteiger charge is 2.36. The minimum Gasteiger partial charge on any atom is -0.456 e. The zero-order valence-electron chi connectivity index (χ0n) is 24.4. The van der Waals surface area contributed by atoms with Crippen molar-refractivity contribution in [2.24, 2.45) is 17.6 Å². The first-order valence-corrected chi connectivity index (χ1v) is 15.7. The Labute approximate surface area is 251 Å². The van der Waals surface area contributed by atoms with Crippen LogP contribution >= 0.6 is 0 Å². The maximum Gasteiger partial charge on any atom is 0.306 e. The molecule has 1 fully saturated rings. The lowest BCUT2D eigenvalue weighted by Gasteiger charge is -2.32. The highest BCUT2D eigenvalue weighted by Crippen LogP contribution is 2.44. The summed E-state index contributed by atoms with van der Waals surface area (Å²) in [7, 11) is 0. The molecule has 3 aliphatic rings. The number of carbonyl (C=O) groups is 2. The van der Waals surface area contributed by atoms with Crippen molar-refractivity contribution in [3.63, 3.8) is 0 Å². The molecule has 1 aromatic carbocycles. The van der Waals surface area contributed by atoms with E-state index >= 15 is 0 Å². The monoisotopic (exact) mass is 587 g/mol.